The Balaban J connectivity index is 1.44. The number of rotatable bonds is 3. The second-order valence-electron chi connectivity index (χ2n) is 6.30. The van der Waals surface area contributed by atoms with Crippen molar-refractivity contribution in [1.82, 2.24) is 19.4 Å². The molecule has 2 N–H and O–H groups in total. The highest BCUT2D eigenvalue weighted by Gasteiger charge is 2.14. The van der Waals surface area contributed by atoms with E-state index in [1.807, 2.05) is 53.1 Å². The van der Waals surface area contributed by atoms with Gasteiger partial charge >= 0.3 is 0 Å². The van der Waals surface area contributed by atoms with E-state index in [2.05, 4.69) is 31.7 Å². The number of carbonyl (C=O) groups is 1. The van der Waals surface area contributed by atoms with E-state index in [9.17, 15) is 4.79 Å². The van der Waals surface area contributed by atoms with Gasteiger partial charge in [-0.05, 0) is 59.1 Å². The zero-order valence-corrected chi connectivity index (χ0v) is 15.2. The Hall–Kier alpha value is -3.45. The summed E-state index contributed by atoms with van der Waals surface area (Å²) in [7, 11) is 0. The number of aromatic amines is 1. The van der Waals surface area contributed by atoms with Crippen molar-refractivity contribution in [3.63, 3.8) is 0 Å². The molecule has 6 nitrogen and oxygen atoms in total. The lowest BCUT2D eigenvalue weighted by Gasteiger charge is -1.97. The SMILES string of the molecule is Cc1cccc2nc(C(=O)Nc3nc4cc(-c5ccsc5)ccc4[nH]3)cn12. The molecule has 4 heterocycles. The standard InChI is InChI=1S/C20H15N5OS/c1-12-3-2-4-18-21-17(10-25(12)18)19(26)24-20-22-15-6-5-13(9-16(15)23-20)14-7-8-27-11-14/h2-11H,1H3,(H2,22,23,24,26). The van der Waals surface area contributed by atoms with Gasteiger partial charge in [0.1, 0.15) is 11.3 Å². The Labute approximate surface area is 158 Å². The Morgan fingerprint density at radius 3 is 2.89 bits per heavy atom. The first kappa shape index (κ1) is 15.8. The second-order valence-corrected chi connectivity index (χ2v) is 7.09. The Morgan fingerprint density at radius 2 is 2.07 bits per heavy atom. The molecule has 0 spiro atoms. The molecule has 0 unspecified atom stereocenters. The van der Waals surface area contributed by atoms with E-state index in [0.29, 0.717) is 11.6 Å². The summed E-state index contributed by atoms with van der Waals surface area (Å²) in [6.45, 7) is 1.97. The van der Waals surface area contributed by atoms with Gasteiger partial charge in [-0.15, -0.1) is 0 Å². The average Bonchev–Trinajstić information content (AvgIpc) is 3.40. The minimum absolute atomic E-state index is 0.296. The van der Waals surface area contributed by atoms with Crippen LogP contribution in [0.1, 0.15) is 16.2 Å². The predicted octanol–water partition coefficient (Wildman–Crippen LogP) is 4.50. The van der Waals surface area contributed by atoms with Crippen molar-refractivity contribution in [2.45, 2.75) is 6.92 Å². The van der Waals surface area contributed by atoms with Crippen LogP contribution in [0, 0.1) is 6.92 Å². The number of thiophene rings is 1. The van der Waals surface area contributed by atoms with Crippen LogP contribution >= 0.6 is 11.3 Å². The molecule has 0 fully saturated rings. The number of nitrogens with one attached hydrogen (secondary N) is 2. The third kappa shape index (κ3) is 2.78. The first-order chi connectivity index (χ1) is 13.2. The molecule has 132 valence electrons. The maximum absolute atomic E-state index is 12.6. The molecule has 0 radical (unpaired) electrons. The number of anilines is 1. The molecular weight excluding hydrogens is 358 g/mol. The van der Waals surface area contributed by atoms with Gasteiger partial charge in [-0.2, -0.15) is 11.3 Å². The molecular formula is C20H15N5OS. The fourth-order valence-corrected chi connectivity index (χ4v) is 3.77. The summed E-state index contributed by atoms with van der Waals surface area (Å²) in [6.07, 6.45) is 1.73. The van der Waals surface area contributed by atoms with Gasteiger partial charge in [0.2, 0.25) is 5.95 Å². The molecule has 7 heteroatoms. The number of aromatic nitrogens is 4. The number of amides is 1. The fraction of sp³-hybridized carbons (Fsp3) is 0.0500. The fourth-order valence-electron chi connectivity index (χ4n) is 3.10. The van der Waals surface area contributed by atoms with E-state index < -0.39 is 0 Å². The van der Waals surface area contributed by atoms with Gasteiger partial charge in [0.15, 0.2) is 0 Å². The van der Waals surface area contributed by atoms with Crippen molar-refractivity contribution in [2.24, 2.45) is 0 Å². The largest absolute Gasteiger partial charge is 0.324 e. The minimum atomic E-state index is -0.296. The van der Waals surface area contributed by atoms with Gasteiger partial charge in [0.25, 0.3) is 5.91 Å². The van der Waals surface area contributed by atoms with Crippen LogP contribution in [-0.2, 0) is 0 Å². The van der Waals surface area contributed by atoms with Gasteiger partial charge in [0, 0.05) is 11.9 Å². The monoisotopic (exact) mass is 373 g/mol. The lowest BCUT2D eigenvalue weighted by molar-refractivity contribution is 0.102. The molecule has 0 saturated carbocycles. The van der Waals surface area contributed by atoms with Crippen molar-refractivity contribution in [2.75, 3.05) is 5.32 Å². The van der Waals surface area contributed by atoms with Crippen LogP contribution in [-0.4, -0.2) is 25.3 Å². The first-order valence-electron chi connectivity index (χ1n) is 8.46. The van der Waals surface area contributed by atoms with Gasteiger partial charge in [0.05, 0.1) is 11.0 Å². The Kier molecular flexibility index (Phi) is 3.54. The Bertz CT molecular complexity index is 1280. The van der Waals surface area contributed by atoms with Crippen molar-refractivity contribution in [3.8, 4) is 11.1 Å². The highest BCUT2D eigenvalue weighted by Crippen LogP contribution is 2.26. The lowest BCUT2D eigenvalue weighted by Crippen LogP contribution is -2.13. The van der Waals surface area contributed by atoms with E-state index >= 15 is 0 Å². The van der Waals surface area contributed by atoms with Crippen LogP contribution in [0.2, 0.25) is 0 Å². The van der Waals surface area contributed by atoms with Crippen molar-refractivity contribution >= 4 is 39.9 Å². The summed E-state index contributed by atoms with van der Waals surface area (Å²) >= 11 is 1.66. The van der Waals surface area contributed by atoms with E-state index in [0.717, 1.165) is 33.5 Å². The molecule has 1 amide bonds. The highest BCUT2D eigenvalue weighted by atomic mass is 32.1. The molecule has 0 aliphatic carbocycles. The normalized spacial score (nSPS) is 11.3. The molecule has 0 bridgehead atoms. The van der Waals surface area contributed by atoms with Gasteiger partial charge in [-0.25, -0.2) is 9.97 Å². The number of nitrogens with zero attached hydrogens (tertiary/aromatic N) is 3. The van der Waals surface area contributed by atoms with Crippen LogP contribution in [0.15, 0.2) is 59.4 Å². The second kappa shape index (κ2) is 6.07. The number of fused-ring (bicyclic) bond motifs is 2. The quantitative estimate of drug-likeness (QED) is 0.489. The number of carbonyl (C=O) groups excluding carboxylic acids is 1. The zero-order chi connectivity index (χ0) is 18.4. The number of hydrogen-bond donors (Lipinski definition) is 2. The molecule has 5 rings (SSSR count). The van der Waals surface area contributed by atoms with Crippen LogP contribution in [0.4, 0.5) is 5.95 Å². The van der Waals surface area contributed by atoms with E-state index in [1.54, 1.807) is 17.5 Å². The number of pyridine rings is 1. The van der Waals surface area contributed by atoms with Crippen LogP contribution < -0.4 is 5.32 Å². The number of imidazole rings is 2. The van der Waals surface area contributed by atoms with Crippen LogP contribution in [0.5, 0.6) is 0 Å². The molecule has 5 aromatic rings. The highest BCUT2D eigenvalue weighted by molar-refractivity contribution is 7.08. The number of H-pyrrole nitrogens is 1. The Morgan fingerprint density at radius 1 is 1.15 bits per heavy atom. The van der Waals surface area contributed by atoms with E-state index in [-0.39, 0.29) is 5.91 Å². The summed E-state index contributed by atoms with van der Waals surface area (Å²) in [5.41, 5.74) is 6.05. The predicted molar refractivity (Wildman–Crippen MR) is 107 cm³/mol. The first-order valence-corrected chi connectivity index (χ1v) is 9.40. The topological polar surface area (TPSA) is 75.1 Å². The zero-order valence-electron chi connectivity index (χ0n) is 14.4. The summed E-state index contributed by atoms with van der Waals surface area (Å²) in [5, 5.41) is 6.95. The van der Waals surface area contributed by atoms with Crippen molar-refractivity contribution < 1.29 is 4.79 Å². The van der Waals surface area contributed by atoms with Gasteiger partial charge in [-0.3, -0.25) is 10.1 Å². The summed E-state index contributed by atoms with van der Waals surface area (Å²) in [6, 6.07) is 13.9. The summed E-state index contributed by atoms with van der Waals surface area (Å²) < 4.78 is 1.89. The molecule has 0 atom stereocenters. The molecule has 0 saturated heterocycles. The summed E-state index contributed by atoms with van der Waals surface area (Å²) in [4.78, 5) is 24.6. The number of benzene rings is 1. The average molecular weight is 373 g/mol. The van der Waals surface area contributed by atoms with Gasteiger partial charge in [-0.1, -0.05) is 12.1 Å². The van der Waals surface area contributed by atoms with Gasteiger partial charge < -0.3 is 9.38 Å². The minimum Gasteiger partial charge on any atom is -0.324 e. The smallest absolute Gasteiger partial charge is 0.278 e. The molecule has 27 heavy (non-hydrogen) atoms. The summed E-state index contributed by atoms with van der Waals surface area (Å²) in [5.74, 6) is 0.112. The third-order valence-corrected chi connectivity index (χ3v) is 5.18. The molecule has 4 aromatic heterocycles. The molecule has 0 aliphatic heterocycles. The maximum atomic E-state index is 12.6. The van der Waals surface area contributed by atoms with E-state index in [4.69, 9.17) is 0 Å². The maximum Gasteiger partial charge on any atom is 0.278 e. The van der Waals surface area contributed by atoms with Crippen molar-refractivity contribution in [3.05, 3.63) is 70.8 Å². The van der Waals surface area contributed by atoms with Crippen LogP contribution in [0.25, 0.3) is 27.8 Å². The third-order valence-electron chi connectivity index (χ3n) is 4.50. The van der Waals surface area contributed by atoms with Crippen molar-refractivity contribution in [1.29, 1.82) is 0 Å². The van der Waals surface area contributed by atoms with Crippen LogP contribution in [0.3, 0.4) is 0 Å². The molecule has 1 aromatic carbocycles. The number of hydrogen-bond acceptors (Lipinski definition) is 4. The molecule has 0 aliphatic rings. The number of aryl methyl sites for hydroxylation is 1. The lowest BCUT2D eigenvalue weighted by atomic mass is 10.1. The van der Waals surface area contributed by atoms with E-state index in [1.165, 1.54) is 0 Å².